The highest BCUT2D eigenvalue weighted by molar-refractivity contribution is 5.78. The highest BCUT2D eigenvalue weighted by Crippen LogP contribution is 2.38. The molecule has 1 N–H and O–H groups in total. The van der Waals surface area contributed by atoms with Gasteiger partial charge in [-0.1, -0.05) is 30.3 Å². The minimum absolute atomic E-state index is 0.0439. The Morgan fingerprint density at radius 2 is 1.95 bits per heavy atom. The third kappa shape index (κ3) is 3.81. The molecule has 1 fully saturated rings. The molecular formula is C17H19N3O2. The molecule has 5 nitrogen and oxygen atoms in total. The Labute approximate surface area is 129 Å². The van der Waals surface area contributed by atoms with Gasteiger partial charge in [-0.15, -0.1) is 0 Å². The van der Waals surface area contributed by atoms with Gasteiger partial charge in [-0.3, -0.25) is 9.59 Å². The van der Waals surface area contributed by atoms with Gasteiger partial charge in [0, 0.05) is 18.5 Å². The van der Waals surface area contributed by atoms with Crippen LogP contribution in [0.25, 0.3) is 0 Å². The zero-order valence-corrected chi connectivity index (χ0v) is 12.4. The summed E-state index contributed by atoms with van der Waals surface area (Å²) in [7, 11) is 0. The molecule has 2 aromatic rings. The van der Waals surface area contributed by atoms with Crippen LogP contribution in [0, 0.1) is 0 Å². The fourth-order valence-corrected chi connectivity index (χ4v) is 2.37. The van der Waals surface area contributed by atoms with Crippen molar-refractivity contribution in [2.75, 3.05) is 6.54 Å². The molecule has 0 spiro atoms. The molecule has 5 heteroatoms. The second-order valence-electron chi connectivity index (χ2n) is 5.61. The van der Waals surface area contributed by atoms with Crippen molar-refractivity contribution < 1.29 is 4.79 Å². The summed E-state index contributed by atoms with van der Waals surface area (Å²) >= 11 is 0. The van der Waals surface area contributed by atoms with Gasteiger partial charge in [0.25, 0.3) is 5.56 Å². The first-order chi connectivity index (χ1) is 10.7. The molecule has 1 aliphatic carbocycles. The number of rotatable bonds is 6. The van der Waals surface area contributed by atoms with E-state index in [1.807, 2.05) is 36.4 Å². The van der Waals surface area contributed by atoms with Crippen LogP contribution in [0.15, 0.2) is 47.3 Å². The van der Waals surface area contributed by atoms with Gasteiger partial charge >= 0.3 is 0 Å². The van der Waals surface area contributed by atoms with E-state index in [2.05, 4.69) is 10.4 Å². The lowest BCUT2D eigenvalue weighted by Crippen LogP contribution is -2.32. The molecule has 0 bridgehead atoms. The third-order valence-corrected chi connectivity index (χ3v) is 3.74. The Morgan fingerprint density at radius 3 is 2.68 bits per heavy atom. The summed E-state index contributed by atoms with van der Waals surface area (Å²) in [5.41, 5.74) is 1.84. The topological polar surface area (TPSA) is 64.0 Å². The molecule has 1 aromatic carbocycles. The minimum Gasteiger partial charge on any atom is -0.354 e. The van der Waals surface area contributed by atoms with Crippen molar-refractivity contribution in [2.45, 2.75) is 31.7 Å². The van der Waals surface area contributed by atoms with Crippen molar-refractivity contribution in [2.24, 2.45) is 0 Å². The molecule has 0 atom stereocenters. The van der Waals surface area contributed by atoms with E-state index in [1.54, 1.807) is 6.07 Å². The summed E-state index contributed by atoms with van der Waals surface area (Å²) in [6.45, 7) is 0.812. The van der Waals surface area contributed by atoms with E-state index in [1.165, 1.54) is 4.68 Å². The van der Waals surface area contributed by atoms with E-state index in [0.717, 1.165) is 24.1 Å². The molecule has 0 saturated heterocycles. The van der Waals surface area contributed by atoms with Crippen LogP contribution < -0.4 is 10.9 Å². The van der Waals surface area contributed by atoms with Crippen molar-refractivity contribution in [3.05, 3.63) is 64.1 Å². The first-order valence-electron chi connectivity index (χ1n) is 7.61. The fraction of sp³-hybridized carbons (Fsp3) is 0.353. The largest absolute Gasteiger partial charge is 0.354 e. The standard InChI is InChI=1S/C17H19N3O2/c21-16(12-13-4-2-1-3-5-13)18-10-11-20-17(22)9-8-15(19-20)14-6-7-14/h1-5,8-9,14H,6-7,10-12H2,(H,18,21). The smallest absolute Gasteiger partial charge is 0.266 e. The summed E-state index contributed by atoms with van der Waals surface area (Å²) in [6.07, 6.45) is 2.66. The van der Waals surface area contributed by atoms with Gasteiger partial charge in [-0.05, 0) is 24.5 Å². The number of amides is 1. The first-order valence-corrected chi connectivity index (χ1v) is 7.61. The minimum atomic E-state index is -0.123. The SMILES string of the molecule is O=C(Cc1ccccc1)NCCn1nc(C2CC2)ccc1=O. The van der Waals surface area contributed by atoms with Gasteiger partial charge in [0.15, 0.2) is 0 Å². The fourth-order valence-electron chi connectivity index (χ4n) is 2.37. The van der Waals surface area contributed by atoms with Crippen LogP contribution in [0.3, 0.4) is 0 Å². The third-order valence-electron chi connectivity index (χ3n) is 3.74. The molecule has 0 radical (unpaired) electrons. The number of aromatic nitrogens is 2. The molecule has 1 aliphatic rings. The lowest BCUT2D eigenvalue weighted by molar-refractivity contribution is -0.120. The summed E-state index contributed by atoms with van der Waals surface area (Å²) in [4.78, 5) is 23.6. The Morgan fingerprint density at radius 1 is 1.18 bits per heavy atom. The maximum atomic E-state index is 11.9. The van der Waals surface area contributed by atoms with Gasteiger partial charge in [-0.2, -0.15) is 5.10 Å². The van der Waals surface area contributed by atoms with E-state index < -0.39 is 0 Å². The maximum Gasteiger partial charge on any atom is 0.266 e. The molecular weight excluding hydrogens is 278 g/mol. The Kier molecular flexibility index (Phi) is 4.32. The highest BCUT2D eigenvalue weighted by atomic mass is 16.1. The zero-order chi connectivity index (χ0) is 15.4. The van der Waals surface area contributed by atoms with Crippen LogP contribution in [0.4, 0.5) is 0 Å². The van der Waals surface area contributed by atoms with Gasteiger partial charge in [0.1, 0.15) is 0 Å². The van der Waals surface area contributed by atoms with Crippen molar-refractivity contribution in [1.29, 1.82) is 0 Å². The van der Waals surface area contributed by atoms with E-state index in [9.17, 15) is 9.59 Å². The molecule has 0 aliphatic heterocycles. The van der Waals surface area contributed by atoms with Crippen LogP contribution in [-0.2, 0) is 17.8 Å². The predicted octanol–water partition coefficient (Wildman–Crippen LogP) is 1.48. The zero-order valence-electron chi connectivity index (χ0n) is 12.4. The summed E-state index contributed by atoms with van der Waals surface area (Å²) in [6, 6.07) is 13.0. The molecule has 1 saturated carbocycles. The molecule has 22 heavy (non-hydrogen) atoms. The number of hydrogen-bond donors (Lipinski definition) is 1. The average Bonchev–Trinajstić information content (AvgIpc) is 3.35. The lowest BCUT2D eigenvalue weighted by atomic mass is 10.1. The normalized spacial score (nSPS) is 13.8. The van der Waals surface area contributed by atoms with Gasteiger partial charge < -0.3 is 5.32 Å². The van der Waals surface area contributed by atoms with Crippen LogP contribution in [0.1, 0.15) is 30.0 Å². The van der Waals surface area contributed by atoms with Crippen LogP contribution in [-0.4, -0.2) is 22.2 Å². The van der Waals surface area contributed by atoms with Crippen LogP contribution in [0.2, 0.25) is 0 Å². The van der Waals surface area contributed by atoms with Crippen molar-refractivity contribution in [3.8, 4) is 0 Å². The number of carbonyl (C=O) groups excluding carboxylic acids is 1. The first kappa shape index (κ1) is 14.5. The van der Waals surface area contributed by atoms with Crippen molar-refractivity contribution >= 4 is 5.91 Å². The summed E-state index contributed by atoms with van der Waals surface area (Å²) in [5, 5.41) is 7.20. The Hall–Kier alpha value is -2.43. The van der Waals surface area contributed by atoms with Crippen LogP contribution >= 0.6 is 0 Å². The van der Waals surface area contributed by atoms with Gasteiger partial charge in [-0.25, -0.2) is 4.68 Å². The van der Waals surface area contributed by atoms with Crippen molar-refractivity contribution in [3.63, 3.8) is 0 Å². The molecule has 1 amide bonds. The second kappa shape index (κ2) is 6.56. The van der Waals surface area contributed by atoms with Crippen molar-refractivity contribution in [1.82, 2.24) is 15.1 Å². The van der Waals surface area contributed by atoms with E-state index in [4.69, 9.17) is 0 Å². The predicted molar refractivity (Wildman–Crippen MR) is 83.6 cm³/mol. The number of hydrogen-bond acceptors (Lipinski definition) is 3. The van der Waals surface area contributed by atoms with Gasteiger partial charge in [0.2, 0.25) is 5.91 Å². The Balaban J connectivity index is 1.51. The average molecular weight is 297 g/mol. The number of carbonyl (C=O) groups is 1. The van der Waals surface area contributed by atoms with E-state index in [-0.39, 0.29) is 11.5 Å². The second-order valence-corrected chi connectivity index (χ2v) is 5.61. The number of nitrogens with zero attached hydrogens (tertiary/aromatic N) is 2. The summed E-state index contributed by atoms with van der Waals surface area (Å²) < 4.78 is 1.44. The summed E-state index contributed by atoms with van der Waals surface area (Å²) in [5.74, 6) is 0.470. The van der Waals surface area contributed by atoms with Gasteiger partial charge in [0.05, 0.1) is 18.7 Å². The lowest BCUT2D eigenvalue weighted by Gasteiger charge is -2.08. The number of benzene rings is 1. The monoisotopic (exact) mass is 297 g/mol. The quantitative estimate of drug-likeness (QED) is 0.878. The molecule has 3 rings (SSSR count). The van der Waals surface area contributed by atoms with E-state index >= 15 is 0 Å². The maximum absolute atomic E-state index is 11.9. The molecule has 114 valence electrons. The number of nitrogens with one attached hydrogen (secondary N) is 1. The van der Waals surface area contributed by atoms with Crippen LogP contribution in [0.5, 0.6) is 0 Å². The molecule has 1 heterocycles. The highest BCUT2D eigenvalue weighted by Gasteiger charge is 2.25. The molecule has 0 unspecified atom stereocenters. The van der Waals surface area contributed by atoms with E-state index in [0.29, 0.717) is 25.4 Å². The molecule has 1 aromatic heterocycles. The Bertz CT molecular complexity index is 705.